The number of hydrogen-bond donors (Lipinski definition) is 2. The number of fused-ring (bicyclic) bond motifs is 1. The highest BCUT2D eigenvalue weighted by Crippen LogP contribution is 2.32. The first-order valence-corrected chi connectivity index (χ1v) is 10.6. The molecule has 0 aliphatic carbocycles. The van der Waals surface area contributed by atoms with Crippen molar-refractivity contribution in [2.24, 2.45) is 0 Å². The Morgan fingerprint density at radius 2 is 1.94 bits per heavy atom. The summed E-state index contributed by atoms with van der Waals surface area (Å²) in [5.74, 6) is 0. The number of aromatic nitrogens is 6. The van der Waals surface area contributed by atoms with E-state index in [1.165, 1.54) is 36.9 Å². The van der Waals surface area contributed by atoms with Crippen molar-refractivity contribution in [3.05, 3.63) is 66.9 Å². The van der Waals surface area contributed by atoms with Gasteiger partial charge in [0.1, 0.15) is 17.5 Å². The molecule has 7 nitrogen and oxygen atoms in total. The van der Waals surface area contributed by atoms with Crippen LogP contribution in [0.25, 0.3) is 39.4 Å². The van der Waals surface area contributed by atoms with Crippen LogP contribution in [0.15, 0.2) is 55.7 Å². The Labute approximate surface area is 181 Å². The number of nitrogens with one attached hydrogen (secondary N) is 2. The molecule has 0 bridgehead atoms. The van der Waals surface area contributed by atoms with Crippen molar-refractivity contribution in [1.82, 2.24) is 35.0 Å². The Balaban J connectivity index is 1.56. The van der Waals surface area contributed by atoms with Crippen molar-refractivity contribution in [3.63, 3.8) is 0 Å². The molecule has 5 rings (SSSR count). The van der Waals surface area contributed by atoms with Crippen LogP contribution in [-0.4, -0.2) is 48.1 Å². The zero-order chi connectivity index (χ0) is 21.2. The molecule has 7 heteroatoms. The Kier molecular flexibility index (Phi) is 5.08. The molecule has 0 spiro atoms. The summed E-state index contributed by atoms with van der Waals surface area (Å²) in [7, 11) is 0. The number of hydrogen-bond acceptors (Lipinski definition) is 5. The van der Waals surface area contributed by atoms with Crippen LogP contribution in [0.3, 0.4) is 0 Å². The van der Waals surface area contributed by atoms with Gasteiger partial charge in [-0.05, 0) is 50.5 Å². The van der Waals surface area contributed by atoms with Crippen molar-refractivity contribution < 1.29 is 0 Å². The molecule has 0 saturated carbocycles. The van der Waals surface area contributed by atoms with Crippen LogP contribution in [0.2, 0.25) is 0 Å². The van der Waals surface area contributed by atoms with Crippen LogP contribution in [0.5, 0.6) is 0 Å². The van der Waals surface area contributed by atoms with Crippen LogP contribution < -0.4 is 0 Å². The Hall–Kier alpha value is -3.74. The maximum absolute atomic E-state index is 4.86. The topological polar surface area (TPSA) is 86.4 Å². The molecule has 5 heterocycles. The lowest BCUT2D eigenvalue weighted by molar-refractivity contribution is 0.326. The highest BCUT2D eigenvalue weighted by molar-refractivity contribution is 5.91. The summed E-state index contributed by atoms with van der Waals surface area (Å²) in [5.41, 5.74) is 8.66. The molecule has 1 aliphatic rings. The van der Waals surface area contributed by atoms with E-state index in [0.29, 0.717) is 0 Å². The molecule has 0 aromatic carbocycles. The van der Waals surface area contributed by atoms with E-state index in [0.717, 1.165) is 52.5 Å². The van der Waals surface area contributed by atoms with Gasteiger partial charge in [0.2, 0.25) is 0 Å². The fourth-order valence-electron chi connectivity index (χ4n) is 4.24. The monoisotopic (exact) mass is 411 g/mol. The third-order valence-corrected chi connectivity index (χ3v) is 5.78. The van der Waals surface area contributed by atoms with Crippen molar-refractivity contribution in [2.45, 2.75) is 26.2 Å². The summed E-state index contributed by atoms with van der Waals surface area (Å²) in [6.45, 7) is 8.20. The number of aromatic amines is 2. The highest BCUT2D eigenvalue weighted by Gasteiger charge is 2.20. The third kappa shape index (κ3) is 3.63. The van der Waals surface area contributed by atoms with Crippen LogP contribution in [0.1, 0.15) is 30.5 Å². The van der Waals surface area contributed by atoms with Gasteiger partial charge in [0, 0.05) is 48.0 Å². The number of rotatable bonds is 5. The first-order chi connectivity index (χ1) is 15.2. The molecule has 0 atom stereocenters. The number of allylic oxidation sites excluding steroid dienone is 2. The maximum Gasteiger partial charge on any atom is 0.135 e. The molecule has 1 aliphatic heterocycles. The Morgan fingerprint density at radius 3 is 2.71 bits per heavy atom. The van der Waals surface area contributed by atoms with E-state index < -0.39 is 0 Å². The summed E-state index contributed by atoms with van der Waals surface area (Å²) in [6, 6.07) is 6.12. The third-order valence-electron chi connectivity index (χ3n) is 5.78. The van der Waals surface area contributed by atoms with E-state index in [-0.39, 0.29) is 0 Å². The second-order valence-corrected chi connectivity index (χ2v) is 7.85. The van der Waals surface area contributed by atoms with E-state index in [2.05, 4.69) is 55.7 Å². The molecule has 2 N–H and O–H groups in total. The molecule has 156 valence electrons. The van der Waals surface area contributed by atoms with Crippen molar-refractivity contribution in [2.75, 3.05) is 13.1 Å². The molecule has 0 amide bonds. The smallest absolute Gasteiger partial charge is 0.135 e. The predicted octanol–water partition coefficient (Wildman–Crippen LogP) is 4.73. The van der Waals surface area contributed by atoms with Gasteiger partial charge in [0.05, 0.1) is 16.9 Å². The molecular weight excluding hydrogens is 386 g/mol. The molecule has 4 aromatic heterocycles. The zero-order valence-corrected chi connectivity index (χ0v) is 17.6. The summed E-state index contributed by atoms with van der Waals surface area (Å²) in [6.07, 6.45) is 12.8. The molecule has 1 fully saturated rings. The van der Waals surface area contributed by atoms with Crippen LogP contribution in [-0.2, 0) is 0 Å². The predicted molar refractivity (Wildman–Crippen MR) is 123 cm³/mol. The Bertz CT molecular complexity index is 1240. The quantitative estimate of drug-likeness (QED) is 0.464. The molecular formula is C24H25N7. The van der Waals surface area contributed by atoms with Gasteiger partial charge in [0.15, 0.2) is 0 Å². The van der Waals surface area contributed by atoms with Crippen LogP contribution >= 0.6 is 0 Å². The van der Waals surface area contributed by atoms with E-state index in [9.17, 15) is 0 Å². The minimum Gasteiger partial charge on any atom is -0.371 e. The number of piperidine rings is 1. The lowest BCUT2D eigenvalue weighted by Crippen LogP contribution is -2.28. The van der Waals surface area contributed by atoms with Crippen LogP contribution in [0.4, 0.5) is 0 Å². The first kappa shape index (κ1) is 19.2. The van der Waals surface area contributed by atoms with Gasteiger partial charge in [0.25, 0.3) is 0 Å². The van der Waals surface area contributed by atoms with Crippen molar-refractivity contribution in [3.8, 4) is 22.6 Å². The largest absolute Gasteiger partial charge is 0.371 e. The maximum atomic E-state index is 4.86. The molecule has 0 radical (unpaired) electrons. The lowest BCUT2D eigenvalue weighted by Gasteiger charge is -2.31. The summed E-state index contributed by atoms with van der Waals surface area (Å²) in [5, 5.41) is 7.68. The summed E-state index contributed by atoms with van der Waals surface area (Å²) >= 11 is 0. The van der Waals surface area contributed by atoms with Gasteiger partial charge in [-0.1, -0.05) is 12.7 Å². The zero-order valence-electron chi connectivity index (χ0n) is 17.6. The average Bonchev–Trinajstić information content (AvgIpc) is 3.41. The van der Waals surface area contributed by atoms with Gasteiger partial charge in [-0.3, -0.25) is 5.10 Å². The second kappa shape index (κ2) is 8.18. The lowest BCUT2D eigenvalue weighted by atomic mass is 10.1. The number of likely N-dealkylation sites (tertiary alicyclic amines) is 1. The van der Waals surface area contributed by atoms with Gasteiger partial charge < -0.3 is 9.88 Å². The number of nitrogens with zero attached hydrogens (tertiary/aromatic N) is 5. The molecule has 31 heavy (non-hydrogen) atoms. The van der Waals surface area contributed by atoms with Gasteiger partial charge in [-0.15, -0.1) is 0 Å². The number of H-pyrrole nitrogens is 2. The fraction of sp³-hybridized carbons (Fsp3) is 0.250. The first-order valence-electron chi connectivity index (χ1n) is 10.6. The minimum absolute atomic E-state index is 0.805. The summed E-state index contributed by atoms with van der Waals surface area (Å²) < 4.78 is 0. The normalized spacial score (nSPS) is 14.9. The van der Waals surface area contributed by atoms with E-state index >= 15 is 0 Å². The Morgan fingerprint density at radius 1 is 1.13 bits per heavy atom. The standard InChI is InChI=1S/C24H25N7/c1-3-7-22(31-10-5-4-6-11-31)18-12-21(27-16(18)2)24-23-20(29-30-24)9-8-19(28-23)17-13-25-15-26-14-17/h3,7-9,12-15,27H,1,4-6,10-11H2,2H3,(H,29,30)/b22-7+. The van der Waals surface area contributed by atoms with Gasteiger partial charge >= 0.3 is 0 Å². The van der Waals surface area contributed by atoms with Crippen molar-refractivity contribution in [1.29, 1.82) is 0 Å². The van der Waals surface area contributed by atoms with Gasteiger partial charge in [-0.2, -0.15) is 5.10 Å². The van der Waals surface area contributed by atoms with Crippen LogP contribution in [0, 0.1) is 6.92 Å². The molecule has 4 aromatic rings. The van der Waals surface area contributed by atoms with E-state index in [4.69, 9.17) is 4.98 Å². The SMILES string of the molecule is C=C/C=C(\c1cc(-c2n[nH]c3ccc(-c4cncnc4)nc23)[nH]c1C)N1CCCCC1. The van der Waals surface area contributed by atoms with Crippen molar-refractivity contribution >= 4 is 16.7 Å². The van der Waals surface area contributed by atoms with E-state index in [1.54, 1.807) is 12.4 Å². The molecule has 1 saturated heterocycles. The highest BCUT2D eigenvalue weighted by atomic mass is 15.1. The second-order valence-electron chi connectivity index (χ2n) is 7.85. The number of pyridine rings is 1. The molecule has 0 unspecified atom stereocenters. The summed E-state index contributed by atoms with van der Waals surface area (Å²) in [4.78, 5) is 19.1. The number of aryl methyl sites for hydroxylation is 1. The fourth-order valence-corrected chi connectivity index (χ4v) is 4.24. The average molecular weight is 412 g/mol. The minimum atomic E-state index is 0.805. The van der Waals surface area contributed by atoms with Gasteiger partial charge in [-0.25, -0.2) is 15.0 Å². The van der Waals surface area contributed by atoms with E-state index in [1.807, 2.05) is 18.2 Å².